The molecule has 0 atom stereocenters. The summed E-state index contributed by atoms with van der Waals surface area (Å²) in [5.74, 6) is -1.14. The van der Waals surface area contributed by atoms with Crippen molar-refractivity contribution in [3.8, 4) is 0 Å². The highest BCUT2D eigenvalue weighted by molar-refractivity contribution is 6.30. The summed E-state index contributed by atoms with van der Waals surface area (Å²) >= 11 is 5.62. The molecule has 2 N–H and O–H groups in total. The fourth-order valence-electron chi connectivity index (χ4n) is 1.40. The van der Waals surface area contributed by atoms with Crippen LogP contribution in [0.3, 0.4) is 0 Å². The van der Waals surface area contributed by atoms with Gasteiger partial charge in [0.15, 0.2) is 0 Å². The third-order valence-electron chi connectivity index (χ3n) is 2.28. The number of carboxylic acids is 1. The zero-order valence-electron chi connectivity index (χ0n) is 9.11. The van der Waals surface area contributed by atoms with E-state index in [2.05, 4.69) is 5.32 Å². The maximum absolute atomic E-state index is 13.4. The number of carboxylic acid groups (broad SMARTS) is 1. The van der Waals surface area contributed by atoms with Crippen molar-refractivity contribution >= 4 is 23.3 Å². The van der Waals surface area contributed by atoms with Crippen LogP contribution >= 0.6 is 11.6 Å². The van der Waals surface area contributed by atoms with Gasteiger partial charge in [-0.3, -0.25) is 0 Å². The number of halogens is 2. The molecular weight excluding hydrogens is 261 g/mol. The molecule has 0 aliphatic heterocycles. The Kier molecular flexibility index (Phi) is 3.53. The Morgan fingerprint density at radius 3 is 2.83 bits per heavy atom. The molecule has 0 saturated carbocycles. The van der Waals surface area contributed by atoms with Crippen LogP contribution < -0.4 is 5.32 Å². The molecule has 1 aromatic heterocycles. The standard InChI is InChI=1S/C12H9ClFNO3/c13-8-1-2-11(10(14)4-8)15-5-9-3-7(6-18-9)12(16)17/h1-4,6,15H,5H2,(H,16,17). The van der Waals surface area contributed by atoms with E-state index in [0.717, 1.165) is 6.26 Å². The predicted octanol–water partition coefficient (Wildman–Crippen LogP) is 3.38. The Bertz CT molecular complexity index is 582. The number of hydrogen-bond donors (Lipinski definition) is 2. The van der Waals surface area contributed by atoms with Crippen LogP contribution in [-0.4, -0.2) is 11.1 Å². The first-order valence-corrected chi connectivity index (χ1v) is 5.43. The van der Waals surface area contributed by atoms with Crippen molar-refractivity contribution < 1.29 is 18.7 Å². The van der Waals surface area contributed by atoms with Crippen molar-refractivity contribution in [3.05, 3.63) is 52.7 Å². The van der Waals surface area contributed by atoms with Crippen molar-refractivity contribution in [2.75, 3.05) is 5.32 Å². The molecule has 0 aliphatic carbocycles. The lowest BCUT2D eigenvalue weighted by Gasteiger charge is -2.05. The summed E-state index contributed by atoms with van der Waals surface area (Å²) in [6.45, 7) is 0.186. The number of nitrogens with one attached hydrogen (secondary N) is 1. The second kappa shape index (κ2) is 5.10. The molecule has 94 valence electrons. The van der Waals surface area contributed by atoms with Crippen molar-refractivity contribution in [1.29, 1.82) is 0 Å². The molecular formula is C12H9ClFNO3. The van der Waals surface area contributed by atoms with Crippen molar-refractivity contribution in [2.24, 2.45) is 0 Å². The normalized spacial score (nSPS) is 10.3. The molecule has 0 fully saturated rings. The zero-order valence-corrected chi connectivity index (χ0v) is 9.87. The number of furan rings is 1. The second-order valence-corrected chi connectivity index (χ2v) is 4.02. The molecule has 6 heteroatoms. The Labute approximate surface area is 107 Å². The van der Waals surface area contributed by atoms with Gasteiger partial charge in [0.25, 0.3) is 0 Å². The van der Waals surface area contributed by atoms with E-state index in [1.807, 2.05) is 0 Å². The van der Waals surface area contributed by atoms with Crippen LogP contribution in [0, 0.1) is 5.82 Å². The van der Waals surface area contributed by atoms with E-state index < -0.39 is 11.8 Å². The van der Waals surface area contributed by atoms with Gasteiger partial charge in [0.05, 0.1) is 17.8 Å². The topological polar surface area (TPSA) is 62.5 Å². The molecule has 0 spiro atoms. The molecule has 2 rings (SSSR count). The average Bonchev–Trinajstić information content (AvgIpc) is 2.76. The lowest BCUT2D eigenvalue weighted by molar-refractivity contribution is 0.0696. The molecule has 0 aliphatic rings. The monoisotopic (exact) mass is 269 g/mol. The zero-order chi connectivity index (χ0) is 13.1. The number of aromatic carboxylic acids is 1. The number of benzene rings is 1. The van der Waals surface area contributed by atoms with E-state index >= 15 is 0 Å². The summed E-state index contributed by atoms with van der Waals surface area (Å²) < 4.78 is 18.4. The Hall–Kier alpha value is -2.01. The minimum atomic E-state index is -1.07. The van der Waals surface area contributed by atoms with Crippen LogP contribution in [0.25, 0.3) is 0 Å². The van der Waals surface area contributed by atoms with Gasteiger partial charge < -0.3 is 14.8 Å². The van der Waals surface area contributed by atoms with Crippen LogP contribution in [0.5, 0.6) is 0 Å². The summed E-state index contributed by atoms with van der Waals surface area (Å²) in [5, 5.41) is 11.8. The van der Waals surface area contributed by atoms with Crippen molar-refractivity contribution in [1.82, 2.24) is 0 Å². The summed E-state index contributed by atoms with van der Waals surface area (Å²) in [6, 6.07) is 5.62. The lowest BCUT2D eigenvalue weighted by Crippen LogP contribution is -2.00. The van der Waals surface area contributed by atoms with Gasteiger partial charge in [-0.1, -0.05) is 11.6 Å². The predicted molar refractivity (Wildman–Crippen MR) is 64.4 cm³/mol. The third-order valence-corrected chi connectivity index (χ3v) is 2.52. The van der Waals surface area contributed by atoms with E-state index in [1.165, 1.54) is 18.2 Å². The van der Waals surface area contributed by atoms with Crippen molar-refractivity contribution in [3.63, 3.8) is 0 Å². The van der Waals surface area contributed by atoms with Crippen LogP contribution in [-0.2, 0) is 6.54 Å². The smallest absolute Gasteiger partial charge is 0.338 e. The van der Waals surface area contributed by atoms with E-state index in [4.69, 9.17) is 21.1 Å². The molecule has 1 aromatic carbocycles. The molecule has 0 unspecified atom stereocenters. The van der Waals surface area contributed by atoms with Gasteiger partial charge >= 0.3 is 5.97 Å². The van der Waals surface area contributed by atoms with Crippen LogP contribution in [0.1, 0.15) is 16.1 Å². The van der Waals surface area contributed by atoms with Gasteiger partial charge in [-0.2, -0.15) is 0 Å². The summed E-state index contributed by atoms with van der Waals surface area (Å²) in [6.07, 6.45) is 1.14. The highest BCUT2D eigenvalue weighted by Gasteiger charge is 2.09. The van der Waals surface area contributed by atoms with Crippen LogP contribution in [0.4, 0.5) is 10.1 Å². The van der Waals surface area contributed by atoms with Gasteiger partial charge in [0, 0.05) is 5.02 Å². The van der Waals surface area contributed by atoms with Crippen molar-refractivity contribution in [2.45, 2.75) is 6.54 Å². The first-order chi connectivity index (χ1) is 8.56. The SMILES string of the molecule is O=C(O)c1coc(CNc2ccc(Cl)cc2F)c1. The summed E-state index contributed by atoms with van der Waals surface area (Å²) in [4.78, 5) is 10.6. The van der Waals surface area contributed by atoms with E-state index in [1.54, 1.807) is 6.07 Å². The van der Waals surface area contributed by atoms with Gasteiger partial charge in [-0.25, -0.2) is 9.18 Å². The second-order valence-electron chi connectivity index (χ2n) is 3.58. The molecule has 18 heavy (non-hydrogen) atoms. The molecule has 0 saturated heterocycles. The third kappa shape index (κ3) is 2.81. The van der Waals surface area contributed by atoms with Crippen LogP contribution in [0.15, 0.2) is 34.9 Å². The molecule has 2 aromatic rings. The van der Waals surface area contributed by atoms with E-state index in [-0.39, 0.29) is 17.8 Å². The fraction of sp³-hybridized carbons (Fsp3) is 0.0833. The first-order valence-electron chi connectivity index (χ1n) is 5.06. The van der Waals surface area contributed by atoms with Gasteiger partial charge in [0.2, 0.25) is 0 Å². The molecule has 0 radical (unpaired) electrons. The Morgan fingerprint density at radius 2 is 2.22 bits per heavy atom. The quantitative estimate of drug-likeness (QED) is 0.893. The number of anilines is 1. The molecule has 1 heterocycles. The summed E-state index contributed by atoms with van der Waals surface area (Å²) in [5.41, 5.74) is 0.330. The van der Waals surface area contributed by atoms with Gasteiger partial charge in [-0.05, 0) is 24.3 Å². The first kappa shape index (κ1) is 12.4. The van der Waals surface area contributed by atoms with Crippen LogP contribution in [0.2, 0.25) is 5.02 Å². The minimum Gasteiger partial charge on any atom is -0.478 e. The van der Waals surface area contributed by atoms with E-state index in [0.29, 0.717) is 10.8 Å². The molecule has 0 bridgehead atoms. The van der Waals surface area contributed by atoms with Gasteiger partial charge in [0.1, 0.15) is 17.8 Å². The highest BCUT2D eigenvalue weighted by atomic mass is 35.5. The highest BCUT2D eigenvalue weighted by Crippen LogP contribution is 2.19. The fourth-order valence-corrected chi connectivity index (χ4v) is 1.56. The average molecular weight is 270 g/mol. The Balaban J connectivity index is 2.04. The number of hydrogen-bond acceptors (Lipinski definition) is 3. The minimum absolute atomic E-state index is 0.0587. The molecule has 0 amide bonds. The van der Waals surface area contributed by atoms with Gasteiger partial charge in [-0.15, -0.1) is 0 Å². The van der Waals surface area contributed by atoms with E-state index in [9.17, 15) is 9.18 Å². The lowest BCUT2D eigenvalue weighted by atomic mass is 10.3. The largest absolute Gasteiger partial charge is 0.478 e. The molecule has 4 nitrogen and oxygen atoms in total. The Morgan fingerprint density at radius 1 is 1.44 bits per heavy atom. The summed E-state index contributed by atoms with van der Waals surface area (Å²) in [7, 11) is 0. The maximum atomic E-state index is 13.4. The maximum Gasteiger partial charge on any atom is 0.338 e. The number of rotatable bonds is 4. The number of carbonyl (C=O) groups is 1.